The highest BCUT2D eigenvalue weighted by molar-refractivity contribution is 5.87. The minimum atomic E-state index is -1.04. The van der Waals surface area contributed by atoms with Crippen LogP contribution in [-0.2, 0) is 0 Å². The Morgan fingerprint density at radius 1 is 1.26 bits per heavy atom. The molecule has 1 aromatic heterocycles. The molecule has 0 radical (unpaired) electrons. The summed E-state index contributed by atoms with van der Waals surface area (Å²) in [5, 5.41) is 22.4. The number of hydrogen-bond acceptors (Lipinski definition) is 4. The molecule has 0 bridgehead atoms. The van der Waals surface area contributed by atoms with Crippen LogP contribution in [0.5, 0.6) is 11.5 Å². The number of aromatic hydroxyl groups is 1. The largest absolute Gasteiger partial charge is 0.504 e. The van der Waals surface area contributed by atoms with Gasteiger partial charge in [0, 0.05) is 0 Å². The average molecular weight is 366 g/mol. The van der Waals surface area contributed by atoms with E-state index in [-0.39, 0.29) is 16.9 Å². The first-order valence-electron chi connectivity index (χ1n) is 8.22. The number of benzene rings is 2. The predicted octanol–water partition coefficient (Wildman–Crippen LogP) is 1.21. The molecule has 1 heterocycles. The summed E-state index contributed by atoms with van der Waals surface area (Å²) >= 11 is 0. The third-order valence-corrected chi connectivity index (χ3v) is 3.97. The molecule has 0 aliphatic heterocycles. The van der Waals surface area contributed by atoms with Crippen LogP contribution in [0.4, 0.5) is 0 Å². The Hall–Kier alpha value is -3.74. The van der Waals surface area contributed by atoms with E-state index in [0.717, 1.165) is 0 Å². The van der Waals surface area contributed by atoms with Crippen molar-refractivity contribution in [3.8, 4) is 17.2 Å². The van der Waals surface area contributed by atoms with E-state index in [1.165, 1.54) is 22.9 Å². The molecule has 0 unspecified atom stereocenters. The lowest BCUT2D eigenvalue weighted by molar-refractivity contribution is 0.0697. The second-order valence-corrected chi connectivity index (χ2v) is 5.80. The maximum Gasteiger partial charge on any atom is 0.335 e. The number of nitrogens with zero attached hydrogens (tertiary/aromatic N) is 1. The van der Waals surface area contributed by atoms with Crippen LogP contribution in [0.1, 0.15) is 22.8 Å². The van der Waals surface area contributed by atoms with Gasteiger partial charge in [-0.25, -0.2) is 9.48 Å². The van der Waals surface area contributed by atoms with Gasteiger partial charge in [-0.15, -0.1) is 0 Å². The smallest absolute Gasteiger partial charge is 0.335 e. The molecule has 0 atom stereocenters. The van der Waals surface area contributed by atoms with Gasteiger partial charge in [0.2, 0.25) is 0 Å². The van der Waals surface area contributed by atoms with E-state index < -0.39 is 5.97 Å². The van der Waals surface area contributed by atoms with Crippen molar-refractivity contribution in [1.29, 1.82) is 0 Å². The number of aromatic amines is 1. The van der Waals surface area contributed by atoms with Crippen molar-refractivity contribution < 1.29 is 19.7 Å². The highest BCUT2D eigenvalue weighted by Crippen LogP contribution is 2.26. The van der Waals surface area contributed by atoms with Gasteiger partial charge in [0.1, 0.15) is 0 Å². The van der Waals surface area contributed by atoms with Crippen molar-refractivity contribution in [1.82, 2.24) is 9.78 Å². The number of carbonyl (C=O) groups is 1. The zero-order valence-corrected chi connectivity index (χ0v) is 14.6. The number of phenolic OH excluding ortho intramolecular Hbond substituents is 1. The monoisotopic (exact) mass is 366 g/mol. The lowest BCUT2D eigenvalue weighted by Crippen LogP contribution is -2.33. The van der Waals surface area contributed by atoms with E-state index in [4.69, 9.17) is 9.84 Å². The molecular formula is C20H18N2O5. The van der Waals surface area contributed by atoms with Crippen LogP contribution >= 0.6 is 0 Å². The first kappa shape index (κ1) is 18.1. The number of H-pyrrole nitrogens is 1. The summed E-state index contributed by atoms with van der Waals surface area (Å²) in [7, 11) is 0. The summed E-state index contributed by atoms with van der Waals surface area (Å²) in [5.74, 6) is -0.685. The van der Waals surface area contributed by atoms with Crippen LogP contribution in [0.2, 0.25) is 0 Å². The molecule has 2 aromatic carbocycles. The van der Waals surface area contributed by atoms with Crippen molar-refractivity contribution in [3.63, 3.8) is 0 Å². The van der Waals surface area contributed by atoms with Gasteiger partial charge in [0.25, 0.3) is 5.56 Å². The summed E-state index contributed by atoms with van der Waals surface area (Å²) < 4.78 is 6.65. The molecule has 0 aliphatic rings. The molecular weight excluding hydrogens is 348 g/mol. The standard InChI is InChI=1S/C20H18N2O5/c1-3-27-18-11-13(4-9-17(18)23)10-16-12(2)21-22(19(16)24)15-7-5-14(6-8-15)20(25)26/h4-11,21,23H,2-3H2,1H3,(H,25,26)/b16-10-. The number of rotatable bonds is 5. The average Bonchev–Trinajstić information content (AvgIpc) is 2.93. The van der Waals surface area contributed by atoms with E-state index in [1.54, 1.807) is 30.3 Å². The van der Waals surface area contributed by atoms with Gasteiger partial charge >= 0.3 is 5.97 Å². The molecule has 138 valence electrons. The molecule has 0 saturated carbocycles. The third-order valence-electron chi connectivity index (χ3n) is 3.97. The van der Waals surface area contributed by atoms with Crippen LogP contribution in [0.25, 0.3) is 18.3 Å². The number of carboxylic acid groups (broad SMARTS) is 1. The van der Waals surface area contributed by atoms with Crippen molar-refractivity contribution in [2.45, 2.75) is 6.92 Å². The molecule has 0 fully saturated rings. The molecule has 3 rings (SSSR count). The summed E-state index contributed by atoms with van der Waals surface area (Å²) in [5.41, 5.74) is 0.975. The Kier molecular flexibility index (Phi) is 4.85. The number of aromatic nitrogens is 2. The molecule has 0 saturated heterocycles. The van der Waals surface area contributed by atoms with Gasteiger partial charge in [-0.2, -0.15) is 0 Å². The van der Waals surface area contributed by atoms with Gasteiger partial charge in [0.05, 0.1) is 28.4 Å². The van der Waals surface area contributed by atoms with E-state index >= 15 is 0 Å². The fraction of sp³-hybridized carbons (Fsp3) is 0.100. The first-order valence-corrected chi connectivity index (χ1v) is 8.22. The summed E-state index contributed by atoms with van der Waals surface area (Å²) in [4.78, 5) is 23.7. The lowest BCUT2D eigenvalue weighted by Gasteiger charge is -2.05. The highest BCUT2D eigenvalue weighted by Gasteiger charge is 2.08. The number of hydrogen-bond donors (Lipinski definition) is 3. The lowest BCUT2D eigenvalue weighted by atomic mass is 10.1. The van der Waals surface area contributed by atoms with Crippen LogP contribution in [0, 0.1) is 0 Å². The zero-order valence-electron chi connectivity index (χ0n) is 14.6. The van der Waals surface area contributed by atoms with Gasteiger partial charge in [-0.1, -0.05) is 12.6 Å². The summed E-state index contributed by atoms with van der Waals surface area (Å²) in [6, 6.07) is 10.7. The molecule has 7 heteroatoms. The molecule has 27 heavy (non-hydrogen) atoms. The zero-order chi connectivity index (χ0) is 19.6. The van der Waals surface area contributed by atoms with Gasteiger partial charge in [-0.05, 0) is 55.0 Å². The maximum atomic E-state index is 12.8. The van der Waals surface area contributed by atoms with E-state index in [2.05, 4.69) is 11.7 Å². The Morgan fingerprint density at radius 3 is 2.59 bits per heavy atom. The molecule has 0 spiro atoms. The summed E-state index contributed by atoms with van der Waals surface area (Å²) in [6.45, 7) is 6.08. The topological polar surface area (TPSA) is 105 Å². The van der Waals surface area contributed by atoms with Gasteiger partial charge in [0.15, 0.2) is 11.5 Å². The second-order valence-electron chi connectivity index (χ2n) is 5.80. The predicted molar refractivity (Wildman–Crippen MR) is 101 cm³/mol. The van der Waals surface area contributed by atoms with E-state index in [0.29, 0.717) is 34.2 Å². The van der Waals surface area contributed by atoms with Crippen LogP contribution < -0.4 is 20.9 Å². The molecule has 3 N–H and O–H groups in total. The minimum absolute atomic E-state index is 0.0221. The first-order chi connectivity index (χ1) is 12.9. The Balaban J connectivity index is 2.07. The highest BCUT2D eigenvalue weighted by atomic mass is 16.5. The molecule has 0 aliphatic carbocycles. The summed E-state index contributed by atoms with van der Waals surface area (Å²) in [6.07, 6.45) is 1.64. The fourth-order valence-electron chi connectivity index (χ4n) is 2.64. The van der Waals surface area contributed by atoms with Crippen molar-refractivity contribution in [2.24, 2.45) is 0 Å². The van der Waals surface area contributed by atoms with E-state index in [1.807, 2.05) is 6.92 Å². The second kappa shape index (κ2) is 7.25. The quantitative estimate of drug-likeness (QED) is 0.630. The number of phenols is 1. The van der Waals surface area contributed by atoms with E-state index in [9.17, 15) is 14.7 Å². The molecule has 7 nitrogen and oxygen atoms in total. The minimum Gasteiger partial charge on any atom is -0.504 e. The molecule has 0 amide bonds. The Bertz CT molecular complexity index is 1160. The number of carboxylic acids is 1. The Morgan fingerprint density at radius 2 is 1.96 bits per heavy atom. The van der Waals surface area contributed by atoms with Gasteiger partial charge in [-0.3, -0.25) is 9.89 Å². The number of aromatic carboxylic acids is 1. The number of nitrogens with one attached hydrogen (secondary N) is 1. The van der Waals surface area contributed by atoms with Crippen molar-refractivity contribution in [2.75, 3.05) is 6.61 Å². The molecule has 3 aromatic rings. The van der Waals surface area contributed by atoms with Crippen molar-refractivity contribution in [3.05, 3.63) is 74.5 Å². The van der Waals surface area contributed by atoms with Crippen LogP contribution in [0.15, 0.2) is 47.3 Å². The van der Waals surface area contributed by atoms with Crippen LogP contribution in [-0.4, -0.2) is 32.6 Å². The fourth-order valence-corrected chi connectivity index (χ4v) is 2.64. The maximum absolute atomic E-state index is 12.8. The van der Waals surface area contributed by atoms with Gasteiger partial charge < -0.3 is 14.9 Å². The van der Waals surface area contributed by atoms with Crippen LogP contribution in [0.3, 0.4) is 0 Å². The normalized spacial score (nSPS) is 11.5. The SMILES string of the molecule is C=c1[nH]n(-c2ccc(C(=O)O)cc2)c(=O)/c1=C\c1ccc(O)c(OCC)c1. The van der Waals surface area contributed by atoms with Crippen molar-refractivity contribution >= 4 is 18.6 Å². The Labute approximate surface area is 154 Å². The third kappa shape index (κ3) is 3.62. The number of ether oxygens (including phenoxy) is 1.